The molecule has 0 unspecified atom stereocenters. The normalized spacial score (nSPS) is 8.59. The second-order valence-corrected chi connectivity index (χ2v) is 5.37. The van der Waals surface area contributed by atoms with E-state index < -0.39 is 41.6 Å². The van der Waals surface area contributed by atoms with Crippen molar-refractivity contribution in [2.45, 2.75) is 0 Å². The first-order valence-corrected chi connectivity index (χ1v) is 8.38. The van der Waals surface area contributed by atoms with E-state index >= 15 is 0 Å². The van der Waals surface area contributed by atoms with Gasteiger partial charge in [-0.25, -0.2) is 0 Å². The van der Waals surface area contributed by atoms with Gasteiger partial charge in [-0.2, -0.15) is 33.7 Å². The monoisotopic (exact) mass is 636 g/mol. The van der Waals surface area contributed by atoms with Crippen LogP contribution in [-0.4, -0.2) is 81.0 Å². The van der Waals surface area contributed by atoms with E-state index in [1.165, 1.54) is 0 Å². The summed E-state index contributed by atoms with van der Waals surface area (Å²) in [5, 5.41) is 0. The van der Waals surface area contributed by atoms with Gasteiger partial charge in [-0.3, -0.25) is 36.4 Å². The van der Waals surface area contributed by atoms with Crippen molar-refractivity contribution in [3.05, 3.63) is 0 Å². The van der Waals surface area contributed by atoms with Gasteiger partial charge < -0.3 is 35.6 Å². The van der Waals surface area contributed by atoms with Crippen molar-refractivity contribution in [1.82, 2.24) is 24.6 Å². The van der Waals surface area contributed by atoms with E-state index in [4.69, 9.17) is 70.1 Å². The Bertz CT molecular complexity index is 490. The van der Waals surface area contributed by atoms with E-state index in [9.17, 15) is 0 Å². The summed E-state index contributed by atoms with van der Waals surface area (Å²) in [5.74, 6) is 0. The molecule has 0 aromatic rings. The first kappa shape index (κ1) is 70.9. The SMILES string of the molecule is N.N.N.N.O.O.O=S(=O)(O)O.O=S(=O)(O)O.O=S(=O)(O)O.O=S(=O)(O)O.[Ce]. The van der Waals surface area contributed by atoms with Crippen LogP contribution in [0.1, 0.15) is 0 Å². The maximum Gasteiger partial charge on any atom is 0.394 e. The van der Waals surface area contributed by atoms with Gasteiger partial charge in [-0.1, -0.05) is 0 Å². The standard InChI is InChI=1S/Ce.4H3N.4H2O4S.2H2O/c;;;;;4*1-5(2,3)4;;/h;4*1H3;4*(H2,1,2,3,4);2*1H2. The zero-order valence-electron chi connectivity index (χ0n) is 12.8. The summed E-state index contributed by atoms with van der Waals surface area (Å²) in [5.41, 5.74) is 0. The third-order valence-corrected chi connectivity index (χ3v) is 0. The van der Waals surface area contributed by atoms with Gasteiger partial charge in [-0.05, 0) is 0 Å². The fraction of sp³-hybridized carbons (Fsp3) is 0. The fourth-order valence-corrected chi connectivity index (χ4v) is 0. The van der Waals surface area contributed by atoms with E-state index in [1.54, 1.807) is 0 Å². The first-order valence-electron chi connectivity index (χ1n) is 2.79. The van der Waals surface area contributed by atoms with Crippen LogP contribution in [0.4, 0.5) is 0 Å². The van der Waals surface area contributed by atoms with Crippen molar-refractivity contribution in [2.24, 2.45) is 0 Å². The van der Waals surface area contributed by atoms with Gasteiger partial charge in [0.1, 0.15) is 0 Å². The summed E-state index contributed by atoms with van der Waals surface area (Å²) in [6.45, 7) is 0. The molecular formula is H24CeN4O18S4. The van der Waals surface area contributed by atoms with Gasteiger partial charge in [-0.15, -0.1) is 0 Å². The van der Waals surface area contributed by atoms with E-state index in [1.807, 2.05) is 0 Å². The zero-order valence-corrected chi connectivity index (χ0v) is 19.2. The molecule has 0 saturated heterocycles. The van der Waals surface area contributed by atoms with Crippen LogP contribution >= 0.6 is 0 Å². The average Bonchev–Trinajstić information content (AvgIpc) is 1.62. The molecule has 0 aliphatic rings. The zero-order chi connectivity index (χ0) is 18.0. The molecule has 0 aliphatic carbocycles. The molecular weight excluding hydrogens is 612 g/mol. The van der Waals surface area contributed by atoms with Crippen LogP contribution in [-0.2, 0) is 41.6 Å². The number of rotatable bonds is 0. The van der Waals surface area contributed by atoms with Crippen molar-refractivity contribution in [1.29, 1.82) is 0 Å². The summed E-state index contributed by atoms with van der Waals surface area (Å²) in [7, 11) is -18.7. The fourth-order valence-electron chi connectivity index (χ4n) is 0. The maximum absolute atomic E-state index is 8.74. The Hall–Kier alpha value is 0.617. The van der Waals surface area contributed by atoms with Crippen LogP contribution in [0.5, 0.6) is 0 Å². The summed E-state index contributed by atoms with van der Waals surface area (Å²) in [6.07, 6.45) is 0. The third kappa shape index (κ3) is 42400. The minimum atomic E-state index is -4.67. The quantitative estimate of drug-likeness (QED) is 0.114. The minimum absolute atomic E-state index is 0. The predicted octanol–water partition coefficient (Wildman–Crippen LogP) is -3.61. The molecule has 0 amide bonds. The number of hydrogen-bond donors (Lipinski definition) is 12. The summed E-state index contributed by atoms with van der Waals surface area (Å²) < 4.78 is 126. The third-order valence-electron chi connectivity index (χ3n) is 0. The molecule has 0 radical (unpaired) electrons. The van der Waals surface area contributed by atoms with E-state index in [0.29, 0.717) is 0 Å². The second-order valence-electron chi connectivity index (χ2n) is 1.79. The second kappa shape index (κ2) is 28.8. The molecule has 0 aromatic carbocycles. The van der Waals surface area contributed by atoms with Crippen molar-refractivity contribution in [2.75, 3.05) is 0 Å². The van der Waals surface area contributed by atoms with Crippen LogP contribution in [0.2, 0.25) is 0 Å². The first-order chi connectivity index (χ1) is 8.00. The average molecular weight is 637 g/mol. The smallest absolute Gasteiger partial charge is 0.394 e. The van der Waals surface area contributed by atoms with E-state index in [0.717, 1.165) is 0 Å². The molecule has 0 aromatic heterocycles. The molecule has 0 fully saturated rings. The molecule has 0 rings (SSSR count). The van der Waals surface area contributed by atoms with Gasteiger partial charge in [0.2, 0.25) is 0 Å². The molecule has 0 bridgehead atoms. The molecule has 24 N–H and O–H groups in total. The molecule has 0 heterocycles. The maximum atomic E-state index is 8.74. The predicted molar refractivity (Wildman–Crippen MR) is 84.0 cm³/mol. The molecule has 0 aliphatic heterocycles. The van der Waals surface area contributed by atoms with Crippen LogP contribution in [0.15, 0.2) is 0 Å². The summed E-state index contributed by atoms with van der Waals surface area (Å²) in [4.78, 5) is 0. The molecule has 27 heteroatoms. The molecule has 0 saturated carbocycles. The minimum Gasteiger partial charge on any atom is -0.412 e. The van der Waals surface area contributed by atoms with E-state index in [2.05, 4.69) is 0 Å². The Kier molecular flexibility index (Phi) is 75.6. The topological polar surface area (TPSA) is 501 Å². The Morgan fingerprint density at radius 2 is 0.333 bits per heavy atom. The molecule has 22 nitrogen and oxygen atoms in total. The van der Waals surface area contributed by atoms with Gasteiger partial charge in [0.25, 0.3) is 0 Å². The Morgan fingerprint density at radius 1 is 0.333 bits per heavy atom. The molecule has 180 valence electrons. The van der Waals surface area contributed by atoms with Gasteiger partial charge in [0.15, 0.2) is 0 Å². The van der Waals surface area contributed by atoms with Gasteiger partial charge in [0.05, 0.1) is 0 Å². The van der Waals surface area contributed by atoms with Crippen LogP contribution in [0, 0.1) is 41.7 Å². The van der Waals surface area contributed by atoms with Crippen LogP contribution < -0.4 is 24.6 Å². The largest absolute Gasteiger partial charge is 0.412 e. The van der Waals surface area contributed by atoms with Gasteiger partial charge >= 0.3 is 41.6 Å². The van der Waals surface area contributed by atoms with Crippen molar-refractivity contribution >= 4 is 41.6 Å². The number of hydrogen-bond acceptors (Lipinski definition) is 12. The van der Waals surface area contributed by atoms with Crippen LogP contribution in [0.3, 0.4) is 0 Å². The van der Waals surface area contributed by atoms with Gasteiger partial charge in [0, 0.05) is 41.7 Å². The molecule has 27 heavy (non-hydrogen) atoms. The van der Waals surface area contributed by atoms with Crippen molar-refractivity contribution in [3.8, 4) is 0 Å². The van der Waals surface area contributed by atoms with Crippen LogP contribution in [0.25, 0.3) is 0 Å². The van der Waals surface area contributed by atoms with Crippen molar-refractivity contribution < 1.29 is 123 Å². The Morgan fingerprint density at radius 3 is 0.333 bits per heavy atom. The Balaban J connectivity index is -0.0000000129. The summed E-state index contributed by atoms with van der Waals surface area (Å²) >= 11 is 0. The molecule has 0 spiro atoms. The van der Waals surface area contributed by atoms with Crippen molar-refractivity contribution in [3.63, 3.8) is 0 Å². The Labute approximate surface area is 187 Å². The molecule has 0 atom stereocenters. The summed E-state index contributed by atoms with van der Waals surface area (Å²) in [6, 6.07) is 0. The van der Waals surface area contributed by atoms with E-state index in [-0.39, 0.29) is 77.3 Å².